The zero-order chi connectivity index (χ0) is 13.5. The number of aromatic nitrogens is 1. The fourth-order valence-electron chi connectivity index (χ4n) is 3.37. The van der Waals surface area contributed by atoms with Gasteiger partial charge in [-0.3, -0.25) is 0 Å². The van der Waals surface area contributed by atoms with E-state index in [0.717, 1.165) is 25.0 Å². The topological polar surface area (TPSA) is 25.2 Å². The second-order valence-electron chi connectivity index (χ2n) is 5.55. The molecule has 1 aromatic carbocycles. The van der Waals surface area contributed by atoms with Gasteiger partial charge in [0.2, 0.25) is 0 Å². The van der Waals surface area contributed by atoms with Crippen LogP contribution in [0, 0.1) is 12.3 Å². The highest BCUT2D eigenvalue weighted by Gasteiger charge is 2.39. The first-order valence-corrected chi connectivity index (χ1v) is 6.90. The molecule has 2 heteroatoms. The molecule has 0 spiro atoms. The van der Waals surface area contributed by atoms with Gasteiger partial charge in [0.15, 0.2) is 0 Å². The molecule has 0 radical (unpaired) electrons. The van der Waals surface area contributed by atoms with E-state index in [-0.39, 0.29) is 5.92 Å². The van der Waals surface area contributed by atoms with Crippen LogP contribution in [-0.2, 0) is 7.05 Å². The van der Waals surface area contributed by atoms with Crippen molar-refractivity contribution in [2.45, 2.75) is 37.2 Å². The van der Waals surface area contributed by atoms with Crippen LogP contribution < -0.4 is 0 Å². The Morgan fingerprint density at radius 2 is 2.16 bits per heavy atom. The number of hydrogen-bond acceptors (Lipinski definition) is 1. The van der Waals surface area contributed by atoms with Gasteiger partial charge in [-0.15, -0.1) is 6.42 Å². The van der Waals surface area contributed by atoms with E-state index in [1.807, 2.05) is 12.1 Å². The molecule has 1 aliphatic rings. The Hall–Kier alpha value is -1.72. The first kappa shape index (κ1) is 12.3. The van der Waals surface area contributed by atoms with Crippen molar-refractivity contribution in [3.63, 3.8) is 0 Å². The van der Waals surface area contributed by atoms with Crippen LogP contribution in [-0.4, -0.2) is 15.3 Å². The molecule has 1 heterocycles. The van der Waals surface area contributed by atoms with E-state index in [1.54, 1.807) is 0 Å². The fraction of sp³-hybridized carbons (Fsp3) is 0.412. The lowest BCUT2D eigenvalue weighted by molar-refractivity contribution is 0.0360. The van der Waals surface area contributed by atoms with Gasteiger partial charge in [0.25, 0.3) is 0 Å². The molecule has 2 atom stereocenters. The summed E-state index contributed by atoms with van der Waals surface area (Å²) >= 11 is 0. The molecule has 1 N–H and O–H groups in total. The number of rotatable bonds is 1. The maximum atomic E-state index is 10.7. The molecule has 0 amide bonds. The molecule has 1 aliphatic carbocycles. The molecule has 19 heavy (non-hydrogen) atoms. The summed E-state index contributed by atoms with van der Waals surface area (Å²) in [5, 5.41) is 11.9. The molecule has 2 nitrogen and oxygen atoms in total. The minimum atomic E-state index is -0.986. The smallest absolute Gasteiger partial charge is 0.133 e. The maximum absolute atomic E-state index is 10.7. The third kappa shape index (κ3) is 1.86. The third-order valence-corrected chi connectivity index (χ3v) is 4.47. The van der Waals surface area contributed by atoms with Gasteiger partial charge in [-0.25, -0.2) is 0 Å². The third-order valence-electron chi connectivity index (χ3n) is 4.47. The number of hydrogen-bond donors (Lipinski definition) is 1. The molecular weight excluding hydrogens is 234 g/mol. The van der Waals surface area contributed by atoms with Crippen LogP contribution in [0.25, 0.3) is 10.9 Å². The van der Waals surface area contributed by atoms with Crippen LogP contribution in [0.5, 0.6) is 0 Å². The summed E-state index contributed by atoms with van der Waals surface area (Å²) in [5.74, 6) is 2.69. The summed E-state index contributed by atoms with van der Waals surface area (Å²) in [4.78, 5) is 0. The van der Waals surface area contributed by atoms with Crippen LogP contribution in [0.1, 0.15) is 37.3 Å². The predicted octanol–water partition coefficient (Wildman–Crippen LogP) is 3.20. The lowest BCUT2D eigenvalue weighted by Gasteiger charge is -2.36. The molecule has 0 saturated heterocycles. The van der Waals surface area contributed by atoms with E-state index in [2.05, 4.69) is 35.7 Å². The highest BCUT2D eigenvalue weighted by molar-refractivity contribution is 5.81. The quantitative estimate of drug-likeness (QED) is 0.776. The number of para-hydroxylation sites is 1. The van der Waals surface area contributed by atoms with Crippen LogP contribution in [0.3, 0.4) is 0 Å². The van der Waals surface area contributed by atoms with Gasteiger partial charge in [-0.1, -0.05) is 30.5 Å². The first-order chi connectivity index (χ1) is 9.15. The Morgan fingerprint density at radius 1 is 1.37 bits per heavy atom. The van der Waals surface area contributed by atoms with Crippen molar-refractivity contribution >= 4 is 10.9 Å². The molecule has 0 aliphatic heterocycles. The standard InChI is InChI=1S/C17H19NO/c1-3-17(19)11-7-6-9-14(17)16-12-13-8-4-5-10-15(13)18(16)2/h1,4-5,8,10,12,14,19H,6-7,9,11H2,2H3. The molecule has 1 saturated carbocycles. The molecular formula is C17H19NO. The molecule has 2 aromatic rings. The highest BCUT2D eigenvalue weighted by Crippen LogP contribution is 2.41. The van der Waals surface area contributed by atoms with E-state index >= 15 is 0 Å². The molecule has 1 fully saturated rings. The minimum absolute atomic E-state index is 0.0450. The van der Waals surface area contributed by atoms with Crippen molar-refractivity contribution in [3.05, 3.63) is 36.0 Å². The van der Waals surface area contributed by atoms with Crippen molar-refractivity contribution in [3.8, 4) is 12.3 Å². The largest absolute Gasteiger partial charge is 0.377 e. The molecule has 2 unspecified atom stereocenters. The number of terminal acetylenes is 1. The number of aryl methyl sites for hydroxylation is 1. The van der Waals surface area contributed by atoms with Crippen molar-refractivity contribution in [1.29, 1.82) is 0 Å². The van der Waals surface area contributed by atoms with E-state index < -0.39 is 5.60 Å². The number of fused-ring (bicyclic) bond motifs is 1. The van der Waals surface area contributed by atoms with Gasteiger partial charge in [0.05, 0.1) is 0 Å². The Labute approximate surface area is 114 Å². The second-order valence-corrected chi connectivity index (χ2v) is 5.55. The number of nitrogens with zero attached hydrogens (tertiary/aromatic N) is 1. The van der Waals surface area contributed by atoms with Gasteiger partial charge >= 0.3 is 0 Å². The second kappa shape index (κ2) is 4.43. The van der Waals surface area contributed by atoms with Gasteiger partial charge in [-0.05, 0) is 36.8 Å². The van der Waals surface area contributed by atoms with Crippen molar-refractivity contribution < 1.29 is 5.11 Å². The van der Waals surface area contributed by atoms with Gasteiger partial charge in [-0.2, -0.15) is 0 Å². The lowest BCUT2D eigenvalue weighted by atomic mass is 9.74. The Morgan fingerprint density at radius 3 is 2.89 bits per heavy atom. The molecule has 98 valence electrons. The van der Waals surface area contributed by atoms with Crippen LogP contribution in [0.4, 0.5) is 0 Å². The predicted molar refractivity (Wildman–Crippen MR) is 77.9 cm³/mol. The monoisotopic (exact) mass is 253 g/mol. The summed E-state index contributed by atoms with van der Waals surface area (Å²) in [6.07, 6.45) is 9.42. The van der Waals surface area contributed by atoms with Gasteiger partial charge in [0.1, 0.15) is 5.60 Å². The van der Waals surface area contributed by atoms with Crippen molar-refractivity contribution in [2.24, 2.45) is 7.05 Å². The van der Waals surface area contributed by atoms with E-state index in [4.69, 9.17) is 6.42 Å². The lowest BCUT2D eigenvalue weighted by Crippen LogP contribution is -2.38. The molecule has 3 rings (SSSR count). The van der Waals surface area contributed by atoms with Gasteiger partial charge < -0.3 is 9.67 Å². The molecule has 1 aromatic heterocycles. The van der Waals surface area contributed by atoms with E-state index in [0.29, 0.717) is 6.42 Å². The van der Waals surface area contributed by atoms with Crippen molar-refractivity contribution in [2.75, 3.05) is 0 Å². The molecule has 0 bridgehead atoms. The minimum Gasteiger partial charge on any atom is -0.377 e. The average Bonchev–Trinajstić information content (AvgIpc) is 2.77. The normalized spacial score (nSPS) is 27.3. The summed E-state index contributed by atoms with van der Waals surface area (Å²) in [7, 11) is 2.06. The Balaban J connectivity index is 2.13. The highest BCUT2D eigenvalue weighted by atomic mass is 16.3. The van der Waals surface area contributed by atoms with E-state index in [1.165, 1.54) is 10.9 Å². The number of aliphatic hydroxyl groups is 1. The SMILES string of the molecule is C#CC1(O)CCCCC1c1cc2ccccc2n1C. The Bertz CT molecular complexity index is 649. The average molecular weight is 253 g/mol. The summed E-state index contributed by atoms with van der Waals surface area (Å²) in [5.41, 5.74) is 1.37. The fourth-order valence-corrected chi connectivity index (χ4v) is 3.37. The van der Waals surface area contributed by atoms with Crippen LogP contribution in [0.2, 0.25) is 0 Å². The maximum Gasteiger partial charge on any atom is 0.133 e. The van der Waals surface area contributed by atoms with Crippen molar-refractivity contribution in [1.82, 2.24) is 4.57 Å². The van der Waals surface area contributed by atoms with E-state index in [9.17, 15) is 5.11 Å². The zero-order valence-corrected chi connectivity index (χ0v) is 11.3. The number of benzene rings is 1. The first-order valence-electron chi connectivity index (χ1n) is 6.90. The summed E-state index contributed by atoms with van der Waals surface area (Å²) in [6.45, 7) is 0. The summed E-state index contributed by atoms with van der Waals surface area (Å²) < 4.78 is 2.17. The zero-order valence-electron chi connectivity index (χ0n) is 11.3. The summed E-state index contributed by atoms with van der Waals surface area (Å²) in [6, 6.07) is 10.5. The Kier molecular flexibility index (Phi) is 2.88. The van der Waals surface area contributed by atoms with Crippen LogP contribution >= 0.6 is 0 Å². The van der Waals surface area contributed by atoms with Crippen LogP contribution in [0.15, 0.2) is 30.3 Å². The van der Waals surface area contributed by atoms with Gasteiger partial charge in [0, 0.05) is 24.2 Å².